The van der Waals surface area contributed by atoms with Gasteiger partial charge in [0.2, 0.25) is 0 Å². The fourth-order valence-electron chi connectivity index (χ4n) is 0.809. The van der Waals surface area contributed by atoms with E-state index in [1.807, 2.05) is 6.08 Å². The molecule has 0 saturated heterocycles. The first-order valence-corrected chi connectivity index (χ1v) is 3.81. The van der Waals surface area contributed by atoms with E-state index in [-0.39, 0.29) is 0 Å². The van der Waals surface area contributed by atoms with E-state index in [9.17, 15) is 0 Å². The van der Waals surface area contributed by atoms with E-state index >= 15 is 0 Å². The van der Waals surface area contributed by atoms with Crippen molar-refractivity contribution >= 4 is 15.9 Å². The van der Waals surface area contributed by atoms with E-state index in [2.05, 4.69) is 22.9 Å². The number of hydrogen-bond donors (Lipinski definition) is 1. The molecule has 1 rings (SSSR count). The molecular weight excluding hydrogens is 178 g/mol. The normalized spacial score (nSPS) is 20.0. The first-order valence-electron chi connectivity index (χ1n) is 3.01. The average Bonchev–Trinajstić information content (AvgIpc) is 1.80. The molecule has 1 aliphatic rings. The highest BCUT2D eigenvalue weighted by atomic mass is 79.9. The molecule has 0 radical (unpaired) electrons. The van der Waals surface area contributed by atoms with Gasteiger partial charge in [-0.05, 0) is 25.8 Å². The molecule has 1 aliphatic carbocycles. The van der Waals surface area contributed by atoms with Crippen LogP contribution in [0.2, 0.25) is 0 Å². The Morgan fingerprint density at radius 3 is 2.67 bits per heavy atom. The second-order valence-corrected chi connectivity index (χ2v) is 3.20. The van der Waals surface area contributed by atoms with Gasteiger partial charge >= 0.3 is 0 Å². The highest BCUT2D eigenvalue weighted by Crippen LogP contribution is 2.24. The molecule has 0 spiro atoms. The van der Waals surface area contributed by atoms with Crippen LogP contribution in [0, 0.1) is 0 Å². The lowest BCUT2D eigenvalue weighted by molar-refractivity contribution is 0.890. The summed E-state index contributed by atoms with van der Waals surface area (Å²) in [7, 11) is 0. The van der Waals surface area contributed by atoms with Crippen molar-refractivity contribution < 1.29 is 0 Å². The summed E-state index contributed by atoms with van der Waals surface area (Å²) in [4.78, 5) is 0. The van der Waals surface area contributed by atoms with Gasteiger partial charge in [-0.3, -0.25) is 0 Å². The summed E-state index contributed by atoms with van der Waals surface area (Å²) in [6.07, 6.45) is 4.10. The Morgan fingerprint density at radius 2 is 2.22 bits per heavy atom. The first kappa shape index (κ1) is 6.87. The standard InChI is InChI=1S/C7H10BrN/c1-5-2-3-6(9)4-7(5)8/h4H,2-3,9H2,1H3. The smallest absolute Gasteiger partial charge is 0.0181 e. The van der Waals surface area contributed by atoms with Crippen LogP contribution in [0.15, 0.2) is 21.8 Å². The van der Waals surface area contributed by atoms with Crippen molar-refractivity contribution in [3.05, 3.63) is 21.8 Å². The minimum atomic E-state index is 0.979. The molecule has 9 heavy (non-hydrogen) atoms. The van der Waals surface area contributed by atoms with Crippen molar-refractivity contribution in [2.24, 2.45) is 5.73 Å². The molecular formula is C7H10BrN. The first-order chi connectivity index (χ1) is 4.20. The van der Waals surface area contributed by atoms with Crippen LogP contribution in [0.4, 0.5) is 0 Å². The zero-order valence-corrected chi connectivity index (χ0v) is 7.03. The van der Waals surface area contributed by atoms with Gasteiger partial charge in [-0.1, -0.05) is 21.5 Å². The molecule has 50 valence electrons. The van der Waals surface area contributed by atoms with Crippen molar-refractivity contribution in [2.45, 2.75) is 19.8 Å². The monoisotopic (exact) mass is 187 g/mol. The van der Waals surface area contributed by atoms with Gasteiger partial charge in [0.15, 0.2) is 0 Å². The molecule has 0 bridgehead atoms. The molecule has 0 saturated carbocycles. The lowest BCUT2D eigenvalue weighted by atomic mass is 10.1. The van der Waals surface area contributed by atoms with Gasteiger partial charge in [-0.25, -0.2) is 0 Å². The molecule has 2 heteroatoms. The SMILES string of the molecule is CC1=C(Br)C=C(N)CC1. The predicted molar refractivity (Wildman–Crippen MR) is 43.1 cm³/mol. The largest absolute Gasteiger partial charge is 0.402 e. The zero-order chi connectivity index (χ0) is 6.85. The maximum Gasteiger partial charge on any atom is 0.0181 e. The van der Waals surface area contributed by atoms with E-state index in [1.165, 1.54) is 5.57 Å². The molecule has 1 nitrogen and oxygen atoms in total. The second-order valence-electron chi connectivity index (χ2n) is 2.35. The van der Waals surface area contributed by atoms with Crippen LogP contribution < -0.4 is 5.73 Å². The van der Waals surface area contributed by atoms with Crippen LogP contribution in [0.25, 0.3) is 0 Å². The van der Waals surface area contributed by atoms with Crippen LogP contribution in [0.3, 0.4) is 0 Å². The molecule has 0 aromatic rings. The van der Waals surface area contributed by atoms with Gasteiger partial charge in [0.25, 0.3) is 0 Å². The van der Waals surface area contributed by atoms with E-state index < -0.39 is 0 Å². The van der Waals surface area contributed by atoms with Crippen LogP contribution in [-0.2, 0) is 0 Å². The van der Waals surface area contributed by atoms with E-state index in [0.717, 1.165) is 23.0 Å². The Hall–Kier alpha value is -0.240. The second kappa shape index (κ2) is 2.56. The minimum Gasteiger partial charge on any atom is -0.402 e. The van der Waals surface area contributed by atoms with Crippen molar-refractivity contribution in [3.8, 4) is 0 Å². The van der Waals surface area contributed by atoms with E-state index in [4.69, 9.17) is 5.73 Å². The Balaban J connectivity index is 2.83. The third-order valence-corrected chi connectivity index (χ3v) is 2.41. The number of halogens is 1. The average molecular weight is 188 g/mol. The predicted octanol–water partition coefficient (Wildman–Crippen LogP) is 2.29. The Labute approximate surface area is 63.8 Å². The minimum absolute atomic E-state index is 0.979. The lowest BCUT2D eigenvalue weighted by Gasteiger charge is -2.09. The molecule has 2 N–H and O–H groups in total. The van der Waals surface area contributed by atoms with Crippen LogP contribution in [0.5, 0.6) is 0 Å². The van der Waals surface area contributed by atoms with Gasteiger partial charge in [-0.15, -0.1) is 0 Å². The number of nitrogens with two attached hydrogens (primary N) is 1. The summed E-state index contributed by atoms with van der Waals surface area (Å²) in [5.41, 5.74) is 7.96. The van der Waals surface area contributed by atoms with Gasteiger partial charge in [-0.2, -0.15) is 0 Å². The molecule has 0 aromatic heterocycles. The summed E-state index contributed by atoms with van der Waals surface area (Å²) in [5, 5.41) is 0. The molecule has 0 aliphatic heterocycles. The van der Waals surface area contributed by atoms with Crippen molar-refractivity contribution in [1.29, 1.82) is 0 Å². The topological polar surface area (TPSA) is 26.0 Å². The molecule has 0 atom stereocenters. The maximum atomic E-state index is 5.58. The van der Waals surface area contributed by atoms with E-state index in [0.29, 0.717) is 0 Å². The molecule has 0 fully saturated rings. The number of allylic oxidation sites excluding steroid dienone is 4. The van der Waals surface area contributed by atoms with Crippen molar-refractivity contribution in [2.75, 3.05) is 0 Å². The summed E-state index contributed by atoms with van der Waals surface area (Å²) in [6.45, 7) is 2.12. The maximum absolute atomic E-state index is 5.58. The van der Waals surface area contributed by atoms with Crippen LogP contribution >= 0.6 is 15.9 Å². The summed E-state index contributed by atoms with van der Waals surface area (Å²) >= 11 is 3.42. The molecule has 0 heterocycles. The van der Waals surface area contributed by atoms with Crippen molar-refractivity contribution in [3.63, 3.8) is 0 Å². The molecule has 0 aromatic carbocycles. The highest BCUT2D eigenvalue weighted by molar-refractivity contribution is 9.11. The van der Waals surface area contributed by atoms with E-state index in [1.54, 1.807) is 0 Å². The van der Waals surface area contributed by atoms with Gasteiger partial charge in [0.05, 0.1) is 0 Å². The lowest BCUT2D eigenvalue weighted by Crippen LogP contribution is -2.01. The van der Waals surface area contributed by atoms with Gasteiger partial charge in [0.1, 0.15) is 0 Å². The van der Waals surface area contributed by atoms with Crippen LogP contribution in [0.1, 0.15) is 19.8 Å². The Kier molecular flexibility index (Phi) is 1.96. The van der Waals surface area contributed by atoms with Gasteiger partial charge in [0, 0.05) is 10.2 Å². The summed E-state index contributed by atoms with van der Waals surface area (Å²) in [6, 6.07) is 0. The summed E-state index contributed by atoms with van der Waals surface area (Å²) < 4.78 is 1.16. The molecule has 0 amide bonds. The fraction of sp³-hybridized carbons (Fsp3) is 0.429. The number of rotatable bonds is 0. The summed E-state index contributed by atoms with van der Waals surface area (Å²) in [5.74, 6) is 0. The zero-order valence-electron chi connectivity index (χ0n) is 5.45. The Bertz CT molecular complexity index is 179. The third kappa shape index (κ3) is 1.58. The fourth-order valence-corrected chi connectivity index (χ4v) is 1.30. The van der Waals surface area contributed by atoms with Crippen LogP contribution in [-0.4, -0.2) is 0 Å². The Morgan fingerprint density at radius 1 is 1.56 bits per heavy atom. The van der Waals surface area contributed by atoms with Crippen molar-refractivity contribution in [1.82, 2.24) is 0 Å². The third-order valence-electron chi connectivity index (χ3n) is 1.51. The van der Waals surface area contributed by atoms with Gasteiger partial charge < -0.3 is 5.73 Å². The highest BCUT2D eigenvalue weighted by Gasteiger charge is 2.03. The quantitative estimate of drug-likeness (QED) is 0.620. The number of hydrogen-bond acceptors (Lipinski definition) is 1. The molecule has 0 unspecified atom stereocenters.